The van der Waals surface area contributed by atoms with Gasteiger partial charge in [-0.1, -0.05) is 61.2 Å². The summed E-state index contributed by atoms with van der Waals surface area (Å²) in [4.78, 5) is 18.7. The third-order valence-corrected chi connectivity index (χ3v) is 8.29. The number of hydrogen-bond donors (Lipinski definition) is 2. The Morgan fingerprint density at radius 1 is 1.07 bits per heavy atom. The van der Waals surface area contributed by atoms with E-state index in [2.05, 4.69) is 33.5 Å². The van der Waals surface area contributed by atoms with E-state index >= 15 is 0 Å². The standard InChI is InChI=1S/C31H32BrN5O4S/c1-5-15-42-31-35-30-33-19(2)26(29(38)34-23-13-9-10-14-24(23)39-3)27(37(30)36-31)21-16-22(32)28(25(17-21)40-4)41-18-20-11-7-6-8-12-20/h6-14,16-17,27H,5,15,18H2,1-4H3,(H,34,38)(H,33,35,36). The smallest absolute Gasteiger partial charge is 0.255 e. The molecule has 1 aliphatic heterocycles. The molecule has 1 unspecified atom stereocenters. The van der Waals surface area contributed by atoms with Gasteiger partial charge >= 0.3 is 0 Å². The zero-order valence-corrected chi connectivity index (χ0v) is 26.2. The predicted octanol–water partition coefficient (Wildman–Crippen LogP) is 7.07. The van der Waals surface area contributed by atoms with Crippen LogP contribution in [-0.2, 0) is 11.4 Å². The largest absolute Gasteiger partial charge is 0.495 e. The summed E-state index contributed by atoms with van der Waals surface area (Å²) in [5.41, 5.74) is 3.52. The zero-order chi connectivity index (χ0) is 29.6. The SMILES string of the molecule is CCCSc1nc2n(n1)C(c1cc(Br)c(OCc3ccccc3)c(OC)c1)C(C(=O)Nc1ccccc1OC)=C(C)N2. The molecule has 2 heterocycles. The van der Waals surface area contributed by atoms with Gasteiger partial charge in [-0.05, 0) is 64.7 Å². The summed E-state index contributed by atoms with van der Waals surface area (Å²) in [6.45, 7) is 4.35. The number of methoxy groups -OCH3 is 2. The van der Waals surface area contributed by atoms with Gasteiger partial charge in [-0.25, -0.2) is 4.68 Å². The van der Waals surface area contributed by atoms with Crippen LogP contribution < -0.4 is 24.8 Å². The Morgan fingerprint density at radius 2 is 1.81 bits per heavy atom. The monoisotopic (exact) mass is 649 g/mol. The highest BCUT2D eigenvalue weighted by Gasteiger charge is 2.35. The molecule has 1 aliphatic rings. The first kappa shape index (κ1) is 29.5. The molecule has 0 radical (unpaired) electrons. The minimum Gasteiger partial charge on any atom is -0.495 e. The van der Waals surface area contributed by atoms with E-state index < -0.39 is 6.04 Å². The molecule has 11 heteroatoms. The third kappa shape index (κ3) is 6.27. The average molecular weight is 651 g/mol. The fraction of sp³-hybridized carbons (Fsp3) is 0.258. The lowest BCUT2D eigenvalue weighted by atomic mass is 9.94. The Kier molecular flexibility index (Phi) is 9.38. The summed E-state index contributed by atoms with van der Waals surface area (Å²) in [6.07, 6.45) is 0.990. The Labute approximate surface area is 257 Å². The molecule has 3 aromatic carbocycles. The van der Waals surface area contributed by atoms with Gasteiger partial charge in [-0.15, -0.1) is 5.10 Å². The van der Waals surface area contributed by atoms with Crippen molar-refractivity contribution in [3.05, 3.63) is 93.6 Å². The van der Waals surface area contributed by atoms with Gasteiger partial charge in [0.15, 0.2) is 11.5 Å². The van der Waals surface area contributed by atoms with Crippen LogP contribution in [0.2, 0.25) is 0 Å². The molecule has 0 saturated carbocycles. The second-order valence-corrected chi connectivity index (χ2v) is 11.5. The minimum absolute atomic E-state index is 0.294. The zero-order valence-electron chi connectivity index (χ0n) is 23.8. The molecule has 0 saturated heterocycles. The number of allylic oxidation sites excluding steroid dienone is 1. The number of aromatic nitrogens is 3. The van der Waals surface area contributed by atoms with E-state index in [-0.39, 0.29) is 5.91 Å². The van der Waals surface area contributed by atoms with Gasteiger partial charge in [-0.2, -0.15) is 4.98 Å². The number of nitrogens with one attached hydrogen (secondary N) is 2. The first-order chi connectivity index (χ1) is 20.4. The molecule has 0 bridgehead atoms. The van der Waals surface area contributed by atoms with Crippen LogP contribution in [0.15, 0.2) is 87.6 Å². The maximum atomic E-state index is 14.0. The van der Waals surface area contributed by atoms with Crippen molar-refractivity contribution in [3.63, 3.8) is 0 Å². The number of benzene rings is 3. The number of ether oxygens (including phenoxy) is 3. The van der Waals surface area contributed by atoms with Crippen LogP contribution in [-0.4, -0.2) is 40.6 Å². The number of carbonyl (C=O) groups excluding carboxylic acids is 1. The van der Waals surface area contributed by atoms with Crippen molar-refractivity contribution >= 4 is 45.2 Å². The van der Waals surface area contributed by atoms with Crippen LogP contribution >= 0.6 is 27.7 Å². The molecule has 5 rings (SSSR count). The van der Waals surface area contributed by atoms with E-state index in [9.17, 15) is 4.79 Å². The van der Waals surface area contributed by atoms with Crippen LogP contribution in [0, 0.1) is 0 Å². The average Bonchev–Trinajstić information content (AvgIpc) is 3.41. The lowest BCUT2D eigenvalue weighted by molar-refractivity contribution is -0.113. The van der Waals surface area contributed by atoms with Crippen molar-refractivity contribution in [1.82, 2.24) is 14.8 Å². The van der Waals surface area contributed by atoms with E-state index in [0.717, 1.165) is 23.3 Å². The number of thioether (sulfide) groups is 1. The highest BCUT2D eigenvalue weighted by atomic mass is 79.9. The minimum atomic E-state index is -0.604. The maximum absolute atomic E-state index is 14.0. The fourth-order valence-corrected chi connectivity index (χ4v) is 5.95. The fourth-order valence-electron chi connectivity index (χ4n) is 4.69. The third-order valence-electron chi connectivity index (χ3n) is 6.66. The van der Waals surface area contributed by atoms with Gasteiger partial charge in [-0.3, -0.25) is 4.79 Å². The van der Waals surface area contributed by atoms with Crippen LogP contribution in [0.25, 0.3) is 0 Å². The molecule has 9 nitrogen and oxygen atoms in total. The van der Waals surface area contributed by atoms with E-state index in [1.54, 1.807) is 42.8 Å². The highest BCUT2D eigenvalue weighted by molar-refractivity contribution is 9.10. The van der Waals surface area contributed by atoms with Crippen molar-refractivity contribution in [2.45, 2.75) is 38.1 Å². The number of fused-ring (bicyclic) bond motifs is 1. The number of rotatable bonds is 11. The van der Waals surface area contributed by atoms with Crippen LogP contribution in [0.4, 0.5) is 11.6 Å². The van der Waals surface area contributed by atoms with Crippen LogP contribution in [0.3, 0.4) is 0 Å². The molecule has 4 aromatic rings. The first-order valence-electron chi connectivity index (χ1n) is 13.5. The number of anilines is 2. The predicted molar refractivity (Wildman–Crippen MR) is 169 cm³/mol. The molecule has 1 amide bonds. The van der Waals surface area contributed by atoms with Gasteiger partial charge in [0.1, 0.15) is 18.4 Å². The van der Waals surface area contributed by atoms with Crippen LogP contribution in [0.1, 0.15) is 37.4 Å². The molecule has 0 aliphatic carbocycles. The summed E-state index contributed by atoms with van der Waals surface area (Å²) in [5.74, 6) is 2.81. The summed E-state index contributed by atoms with van der Waals surface area (Å²) in [5, 5.41) is 11.8. The topological polar surface area (TPSA) is 99.5 Å². The Hall–Kier alpha value is -3.96. The van der Waals surface area contributed by atoms with E-state index in [1.807, 2.05) is 61.5 Å². The molecule has 0 spiro atoms. The number of hydrogen-bond acceptors (Lipinski definition) is 8. The van der Waals surface area contributed by atoms with Crippen molar-refractivity contribution in [2.75, 3.05) is 30.6 Å². The highest BCUT2D eigenvalue weighted by Crippen LogP contribution is 2.43. The lowest BCUT2D eigenvalue weighted by Crippen LogP contribution is -2.31. The van der Waals surface area contributed by atoms with E-state index in [1.165, 1.54) is 0 Å². The molecule has 218 valence electrons. The molecule has 1 aromatic heterocycles. The molecule has 1 atom stereocenters. The number of carbonyl (C=O) groups is 1. The molecule has 0 fully saturated rings. The Balaban J connectivity index is 1.56. The van der Waals surface area contributed by atoms with Crippen molar-refractivity contribution in [2.24, 2.45) is 0 Å². The van der Waals surface area contributed by atoms with Gasteiger partial charge in [0.25, 0.3) is 5.91 Å². The van der Waals surface area contributed by atoms with E-state index in [0.29, 0.717) is 56.4 Å². The number of nitrogens with zero attached hydrogens (tertiary/aromatic N) is 3. The summed E-state index contributed by atoms with van der Waals surface area (Å²) < 4.78 is 19.9. The number of halogens is 1. The summed E-state index contributed by atoms with van der Waals surface area (Å²) >= 11 is 5.27. The summed E-state index contributed by atoms with van der Waals surface area (Å²) in [7, 11) is 3.17. The lowest BCUT2D eigenvalue weighted by Gasteiger charge is -2.29. The Bertz CT molecular complexity index is 1610. The number of amides is 1. The second-order valence-electron chi connectivity index (χ2n) is 9.54. The first-order valence-corrected chi connectivity index (χ1v) is 15.3. The molecular weight excluding hydrogens is 618 g/mol. The second kappa shape index (κ2) is 13.3. The van der Waals surface area contributed by atoms with Crippen molar-refractivity contribution < 1.29 is 19.0 Å². The summed E-state index contributed by atoms with van der Waals surface area (Å²) in [6, 6.07) is 20.4. The molecule has 2 N–H and O–H groups in total. The molecular formula is C31H32BrN5O4S. The van der Waals surface area contributed by atoms with Gasteiger partial charge in [0, 0.05) is 11.4 Å². The van der Waals surface area contributed by atoms with Crippen molar-refractivity contribution in [1.29, 1.82) is 0 Å². The van der Waals surface area contributed by atoms with Gasteiger partial charge in [0.05, 0.1) is 30.0 Å². The van der Waals surface area contributed by atoms with Gasteiger partial charge < -0.3 is 24.8 Å². The number of para-hydroxylation sites is 2. The quantitative estimate of drug-likeness (QED) is 0.167. The van der Waals surface area contributed by atoms with Crippen molar-refractivity contribution in [3.8, 4) is 17.2 Å². The normalized spacial score (nSPS) is 14.2. The maximum Gasteiger partial charge on any atom is 0.255 e. The van der Waals surface area contributed by atoms with E-state index in [4.69, 9.17) is 24.3 Å². The van der Waals surface area contributed by atoms with Gasteiger partial charge in [0.2, 0.25) is 11.1 Å². The Morgan fingerprint density at radius 3 is 2.55 bits per heavy atom. The van der Waals surface area contributed by atoms with Crippen LogP contribution in [0.5, 0.6) is 17.2 Å². The molecule has 42 heavy (non-hydrogen) atoms.